The van der Waals surface area contributed by atoms with E-state index in [2.05, 4.69) is 21.8 Å². The predicted molar refractivity (Wildman–Crippen MR) is 105 cm³/mol. The van der Waals surface area contributed by atoms with Crippen molar-refractivity contribution in [3.63, 3.8) is 0 Å². The van der Waals surface area contributed by atoms with Gasteiger partial charge in [-0.2, -0.15) is 0 Å². The molecular formula is C20H27N5O2. The number of likely N-dealkylation sites (N-methyl/N-ethyl adjacent to an activating group) is 1. The highest BCUT2D eigenvalue weighted by molar-refractivity contribution is 6.20. The smallest absolute Gasteiger partial charge is 0.253 e. The van der Waals surface area contributed by atoms with Gasteiger partial charge in [0, 0.05) is 38.6 Å². The average molecular weight is 369 g/mol. The molecule has 1 aliphatic carbocycles. The number of rotatable bonds is 5. The van der Waals surface area contributed by atoms with Crippen LogP contribution in [0, 0.1) is 0 Å². The Morgan fingerprint density at radius 3 is 2.70 bits per heavy atom. The zero-order chi connectivity index (χ0) is 19.6. The summed E-state index contributed by atoms with van der Waals surface area (Å²) in [5.74, 6) is 0.644. The Morgan fingerprint density at radius 1 is 1.37 bits per heavy atom. The maximum atomic E-state index is 12.4. The summed E-state index contributed by atoms with van der Waals surface area (Å²) < 4.78 is 0. The number of nitrogens with one attached hydrogen (secondary N) is 1. The largest absolute Gasteiger partial charge is 0.355 e. The molecule has 27 heavy (non-hydrogen) atoms. The lowest BCUT2D eigenvalue weighted by molar-refractivity contribution is -0.127. The van der Waals surface area contributed by atoms with Crippen LogP contribution < -0.4 is 10.2 Å². The van der Waals surface area contributed by atoms with Crippen LogP contribution in [0.1, 0.15) is 38.1 Å². The lowest BCUT2D eigenvalue weighted by atomic mass is 10.0. The number of hydrogen-bond acceptors (Lipinski definition) is 5. The van der Waals surface area contributed by atoms with Crippen molar-refractivity contribution < 1.29 is 9.59 Å². The van der Waals surface area contributed by atoms with Crippen LogP contribution in [0.25, 0.3) is 5.57 Å². The van der Waals surface area contributed by atoms with Crippen LogP contribution in [0.2, 0.25) is 0 Å². The molecule has 0 unspecified atom stereocenters. The minimum absolute atomic E-state index is 0.0447. The summed E-state index contributed by atoms with van der Waals surface area (Å²) >= 11 is 0. The Balaban J connectivity index is 1.70. The Kier molecular flexibility index (Phi) is 5.58. The molecule has 2 amide bonds. The van der Waals surface area contributed by atoms with E-state index in [4.69, 9.17) is 4.98 Å². The molecule has 1 fully saturated rings. The van der Waals surface area contributed by atoms with Gasteiger partial charge >= 0.3 is 0 Å². The molecule has 2 heterocycles. The topological polar surface area (TPSA) is 78.4 Å². The third-order valence-corrected chi connectivity index (χ3v) is 5.11. The third kappa shape index (κ3) is 4.02. The first-order chi connectivity index (χ1) is 12.9. The summed E-state index contributed by atoms with van der Waals surface area (Å²) in [6.07, 6.45) is 7.41. The van der Waals surface area contributed by atoms with E-state index < -0.39 is 0 Å². The predicted octanol–water partition coefficient (Wildman–Crippen LogP) is 1.55. The number of allylic oxidation sites excluding steroid dienone is 1. The molecule has 0 radical (unpaired) electrons. The number of carbonyl (C=O) groups excluding carboxylic acids is 2. The number of carbonyl (C=O) groups is 2. The van der Waals surface area contributed by atoms with E-state index in [0.717, 1.165) is 37.4 Å². The van der Waals surface area contributed by atoms with Crippen molar-refractivity contribution in [2.75, 3.05) is 25.0 Å². The molecule has 144 valence electrons. The third-order valence-electron chi connectivity index (χ3n) is 5.11. The van der Waals surface area contributed by atoms with E-state index in [0.29, 0.717) is 17.7 Å². The monoisotopic (exact) mass is 369 g/mol. The molecule has 7 heteroatoms. The molecule has 1 aromatic heterocycles. The van der Waals surface area contributed by atoms with Crippen LogP contribution in [0.5, 0.6) is 0 Å². The van der Waals surface area contributed by atoms with E-state index in [1.807, 2.05) is 27.0 Å². The maximum Gasteiger partial charge on any atom is 0.253 e. The highest BCUT2D eigenvalue weighted by Crippen LogP contribution is 2.28. The van der Waals surface area contributed by atoms with Gasteiger partial charge in [-0.25, -0.2) is 4.98 Å². The van der Waals surface area contributed by atoms with Gasteiger partial charge < -0.3 is 15.1 Å². The molecule has 1 N–H and O–H groups in total. The van der Waals surface area contributed by atoms with Crippen molar-refractivity contribution in [2.24, 2.45) is 0 Å². The fraction of sp³-hybridized carbons (Fsp3) is 0.500. The molecule has 0 bridgehead atoms. The first-order valence-corrected chi connectivity index (χ1v) is 9.42. The van der Waals surface area contributed by atoms with Gasteiger partial charge in [-0.05, 0) is 32.8 Å². The summed E-state index contributed by atoms with van der Waals surface area (Å²) in [5, 5.41) is 2.92. The quantitative estimate of drug-likeness (QED) is 0.797. The second-order valence-electron chi connectivity index (χ2n) is 7.35. The fourth-order valence-electron chi connectivity index (χ4n) is 3.56. The van der Waals surface area contributed by atoms with Crippen molar-refractivity contribution in [3.8, 4) is 0 Å². The van der Waals surface area contributed by atoms with Crippen molar-refractivity contribution in [3.05, 3.63) is 36.3 Å². The van der Waals surface area contributed by atoms with E-state index >= 15 is 0 Å². The van der Waals surface area contributed by atoms with Crippen molar-refractivity contribution in [2.45, 2.75) is 45.2 Å². The molecule has 0 spiro atoms. The summed E-state index contributed by atoms with van der Waals surface area (Å²) in [5.41, 5.74) is 2.14. The van der Waals surface area contributed by atoms with Gasteiger partial charge in [0.25, 0.3) is 5.91 Å². The Bertz CT molecular complexity index is 779. The second-order valence-corrected chi connectivity index (χ2v) is 7.35. The molecular weight excluding hydrogens is 342 g/mol. The molecule has 1 saturated heterocycles. The second kappa shape index (κ2) is 7.90. The van der Waals surface area contributed by atoms with Gasteiger partial charge in [0.05, 0.1) is 23.2 Å². The van der Waals surface area contributed by atoms with Gasteiger partial charge in [0.2, 0.25) is 5.91 Å². The van der Waals surface area contributed by atoms with Crippen molar-refractivity contribution in [1.82, 2.24) is 20.2 Å². The van der Waals surface area contributed by atoms with Gasteiger partial charge in [-0.3, -0.25) is 14.6 Å². The fourth-order valence-corrected chi connectivity index (χ4v) is 3.56. The normalized spacial score (nSPS) is 16.7. The van der Waals surface area contributed by atoms with Crippen LogP contribution in [-0.4, -0.2) is 58.9 Å². The Morgan fingerprint density at radius 2 is 2.07 bits per heavy atom. The number of aromatic nitrogens is 2. The summed E-state index contributed by atoms with van der Waals surface area (Å²) in [4.78, 5) is 37.4. The van der Waals surface area contributed by atoms with E-state index in [1.54, 1.807) is 11.1 Å². The average Bonchev–Trinajstić information content (AvgIpc) is 3.09. The lowest BCUT2D eigenvalue weighted by Crippen LogP contribution is -2.45. The standard InChI is InChI=1S/C20H27N5O2/c1-5-18(26)24(4)14-8-10-25(11-9-14)17-12-21-16-7-6-15(19(16)23-17)20(27)22-13(2)3/h5-6,12-14H,1,7-11H2,2-4H3,(H,22,27). The van der Waals surface area contributed by atoms with Crippen LogP contribution in [0.3, 0.4) is 0 Å². The first kappa shape index (κ1) is 19.1. The Hall–Kier alpha value is -2.70. The molecule has 0 aromatic carbocycles. The van der Waals surface area contributed by atoms with E-state index in [1.165, 1.54) is 6.08 Å². The number of hydrogen-bond donors (Lipinski definition) is 1. The number of nitrogens with zero attached hydrogens (tertiary/aromatic N) is 4. The molecule has 0 atom stereocenters. The minimum Gasteiger partial charge on any atom is -0.355 e. The van der Waals surface area contributed by atoms with E-state index in [-0.39, 0.29) is 23.9 Å². The van der Waals surface area contributed by atoms with Gasteiger partial charge in [0.1, 0.15) is 5.82 Å². The minimum atomic E-state index is -0.0986. The molecule has 3 rings (SSSR count). The van der Waals surface area contributed by atoms with Gasteiger partial charge in [0.15, 0.2) is 0 Å². The van der Waals surface area contributed by atoms with Crippen molar-refractivity contribution in [1.29, 1.82) is 0 Å². The summed E-state index contributed by atoms with van der Waals surface area (Å²) in [7, 11) is 1.82. The number of piperidine rings is 1. The maximum absolute atomic E-state index is 12.4. The zero-order valence-corrected chi connectivity index (χ0v) is 16.2. The SMILES string of the molecule is C=CC(=O)N(C)C1CCN(c2cnc3c(n2)C(C(=O)NC(C)C)=CC3)CC1. The van der Waals surface area contributed by atoms with Crippen LogP contribution >= 0.6 is 0 Å². The van der Waals surface area contributed by atoms with Crippen LogP contribution in [-0.2, 0) is 16.0 Å². The highest BCUT2D eigenvalue weighted by Gasteiger charge is 2.28. The lowest BCUT2D eigenvalue weighted by Gasteiger charge is -2.37. The molecule has 2 aliphatic rings. The highest BCUT2D eigenvalue weighted by atomic mass is 16.2. The number of anilines is 1. The zero-order valence-electron chi connectivity index (χ0n) is 16.2. The molecule has 1 aromatic rings. The molecule has 0 saturated carbocycles. The number of amides is 2. The summed E-state index contributed by atoms with van der Waals surface area (Å²) in [6.45, 7) is 9.02. The van der Waals surface area contributed by atoms with E-state index in [9.17, 15) is 9.59 Å². The Labute approximate surface area is 160 Å². The van der Waals surface area contributed by atoms with Crippen LogP contribution in [0.15, 0.2) is 24.9 Å². The van der Waals surface area contributed by atoms with Crippen LogP contribution in [0.4, 0.5) is 5.82 Å². The van der Waals surface area contributed by atoms with Crippen molar-refractivity contribution >= 4 is 23.2 Å². The molecule has 1 aliphatic heterocycles. The first-order valence-electron chi connectivity index (χ1n) is 9.42. The molecule has 7 nitrogen and oxygen atoms in total. The van der Waals surface area contributed by atoms with Gasteiger partial charge in [-0.15, -0.1) is 0 Å². The number of fused-ring (bicyclic) bond motifs is 1. The summed E-state index contributed by atoms with van der Waals surface area (Å²) in [6, 6.07) is 0.286. The van der Waals surface area contributed by atoms with Gasteiger partial charge in [-0.1, -0.05) is 12.7 Å².